The van der Waals surface area contributed by atoms with Crippen molar-refractivity contribution in [3.63, 3.8) is 0 Å². The van der Waals surface area contributed by atoms with Gasteiger partial charge in [0.1, 0.15) is 0 Å². The minimum Gasteiger partial charge on any atom is -0.459 e. The van der Waals surface area contributed by atoms with E-state index in [1.165, 1.54) is 6.26 Å². The van der Waals surface area contributed by atoms with Crippen LogP contribution in [0, 0.1) is 5.92 Å². The molecule has 0 unspecified atom stereocenters. The summed E-state index contributed by atoms with van der Waals surface area (Å²) in [6, 6.07) is 3.38. The number of likely N-dealkylation sites (tertiary alicyclic amines) is 1. The SMILES string of the molecule is CCN(C)CCNC(=O)C1CCN(C(=O)c2ccco2)CC1. The highest BCUT2D eigenvalue weighted by atomic mass is 16.3. The topological polar surface area (TPSA) is 65.8 Å². The second-order valence-electron chi connectivity index (χ2n) is 5.73. The van der Waals surface area contributed by atoms with E-state index in [-0.39, 0.29) is 17.7 Å². The van der Waals surface area contributed by atoms with Crippen LogP contribution in [0.3, 0.4) is 0 Å². The van der Waals surface area contributed by atoms with E-state index < -0.39 is 0 Å². The first-order chi connectivity index (χ1) is 10.6. The molecule has 0 spiro atoms. The summed E-state index contributed by atoms with van der Waals surface area (Å²) in [4.78, 5) is 28.2. The van der Waals surface area contributed by atoms with Crippen LogP contribution in [0.5, 0.6) is 0 Å². The van der Waals surface area contributed by atoms with Crippen molar-refractivity contribution in [2.24, 2.45) is 5.92 Å². The molecule has 2 amide bonds. The third-order valence-corrected chi connectivity index (χ3v) is 4.22. The van der Waals surface area contributed by atoms with Gasteiger partial charge < -0.3 is 19.5 Å². The molecule has 1 aromatic heterocycles. The Balaban J connectivity index is 1.72. The van der Waals surface area contributed by atoms with Crippen LogP contribution in [0.1, 0.15) is 30.3 Å². The van der Waals surface area contributed by atoms with Gasteiger partial charge in [0.25, 0.3) is 5.91 Å². The zero-order valence-electron chi connectivity index (χ0n) is 13.4. The van der Waals surface area contributed by atoms with Gasteiger partial charge in [-0.25, -0.2) is 0 Å². The highest BCUT2D eigenvalue weighted by Crippen LogP contribution is 2.19. The van der Waals surface area contributed by atoms with E-state index in [2.05, 4.69) is 17.1 Å². The minimum atomic E-state index is -0.0894. The van der Waals surface area contributed by atoms with Crippen LogP contribution in [-0.4, -0.2) is 61.4 Å². The Morgan fingerprint density at radius 2 is 2.14 bits per heavy atom. The van der Waals surface area contributed by atoms with Crippen LogP contribution < -0.4 is 5.32 Å². The second kappa shape index (κ2) is 7.98. The van der Waals surface area contributed by atoms with Gasteiger partial charge in [0.05, 0.1) is 6.26 Å². The average molecular weight is 307 g/mol. The number of piperidine rings is 1. The number of hydrogen-bond donors (Lipinski definition) is 1. The molecule has 1 fully saturated rings. The maximum atomic E-state index is 12.1. The molecule has 1 aliphatic heterocycles. The molecule has 0 atom stereocenters. The molecule has 1 saturated heterocycles. The van der Waals surface area contributed by atoms with Crippen LogP contribution >= 0.6 is 0 Å². The zero-order valence-corrected chi connectivity index (χ0v) is 13.4. The van der Waals surface area contributed by atoms with Gasteiger partial charge >= 0.3 is 0 Å². The fourth-order valence-corrected chi connectivity index (χ4v) is 2.57. The summed E-state index contributed by atoms with van der Waals surface area (Å²) in [6.07, 6.45) is 2.92. The normalized spacial score (nSPS) is 16.0. The quantitative estimate of drug-likeness (QED) is 0.857. The molecule has 0 aromatic carbocycles. The smallest absolute Gasteiger partial charge is 0.289 e. The van der Waals surface area contributed by atoms with Crippen molar-refractivity contribution >= 4 is 11.8 Å². The fraction of sp³-hybridized carbons (Fsp3) is 0.625. The molecule has 2 heterocycles. The number of furan rings is 1. The number of hydrogen-bond acceptors (Lipinski definition) is 4. The fourth-order valence-electron chi connectivity index (χ4n) is 2.57. The lowest BCUT2D eigenvalue weighted by Gasteiger charge is -2.30. The first-order valence-electron chi connectivity index (χ1n) is 7.90. The monoisotopic (exact) mass is 307 g/mol. The van der Waals surface area contributed by atoms with E-state index in [1.54, 1.807) is 17.0 Å². The van der Waals surface area contributed by atoms with E-state index >= 15 is 0 Å². The predicted molar refractivity (Wildman–Crippen MR) is 83.5 cm³/mol. The lowest BCUT2D eigenvalue weighted by atomic mass is 9.95. The molecule has 6 nitrogen and oxygen atoms in total. The molecular weight excluding hydrogens is 282 g/mol. The Hall–Kier alpha value is -1.82. The number of carbonyl (C=O) groups is 2. The number of nitrogens with one attached hydrogen (secondary N) is 1. The lowest BCUT2D eigenvalue weighted by Crippen LogP contribution is -2.44. The second-order valence-corrected chi connectivity index (χ2v) is 5.73. The molecule has 6 heteroatoms. The Morgan fingerprint density at radius 1 is 1.41 bits per heavy atom. The van der Waals surface area contributed by atoms with E-state index in [4.69, 9.17) is 4.42 Å². The lowest BCUT2D eigenvalue weighted by molar-refractivity contribution is -0.126. The van der Waals surface area contributed by atoms with Crippen molar-refractivity contribution in [3.05, 3.63) is 24.2 Å². The van der Waals surface area contributed by atoms with Crippen molar-refractivity contribution in [2.45, 2.75) is 19.8 Å². The average Bonchev–Trinajstić information content (AvgIpc) is 3.08. The predicted octanol–water partition coefficient (Wildman–Crippen LogP) is 1.20. The van der Waals surface area contributed by atoms with Crippen LogP contribution in [0.25, 0.3) is 0 Å². The van der Waals surface area contributed by atoms with Gasteiger partial charge in [-0.1, -0.05) is 6.92 Å². The number of carbonyl (C=O) groups excluding carboxylic acids is 2. The van der Waals surface area contributed by atoms with Gasteiger partial charge in [-0.15, -0.1) is 0 Å². The van der Waals surface area contributed by atoms with E-state index in [0.29, 0.717) is 38.2 Å². The molecule has 0 radical (unpaired) electrons. The third-order valence-electron chi connectivity index (χ3n) is 4.22. The molecule has 1 aliphatic rings. The highest BCUT2D eigenvalue weighted by Gasteiger charge is 2.28. The van der Waals surface area contributed by atoms with Gasteiger partial charge in [0, 0.05) is 32.1 Å². The number of likely N-dealkylation sites (N-methyl/N-ethyl adjacent to an activating group) is 1. The van der Waals surface area contributed by atoms with Gasteiger partial charge in [0.15, 0.2) is 5.76 Å². The molecule has 1 aromatic rings. The summed E-state index contributed by atoms with van der Waals surface area (Å²) in [5, 5.41) is 2.99. The Morgan fingerprint density at radius 3 is 2.73 bits per heavy atom. The minimum absolute atomic E-state index is 0.00702. The van der Waals surface area contributed by atoms with Gasteiger partial charge in [-0.2, -0.15) is 0 Å². The molecule has 0 bridgehead atoms. The Kier molecular flexibility index (Phi) is 6.00. The van der Waals surface area contributed by atoms with Gasteiger partial charge in [0.2, 0.25) is 5.91 Å². The Bertz CT molecular complexity index is 479. The molecule has 1 N–H and O–H groups in total. The van der Waals surface area contributed by atoms with E-state index in [9.17, 15) is 9.59 Å². The van der Waals surface area contributed by atoms with E-state index in [0.717, 1.165) is 13.1 Å². The van der Waals surface area contributed by atoms with Crippen molar-refractivity contribution in [1.82, 2.24) is 15.1 Å². The largest absolute Gasteiger partial charge is 0.459 e. The van der Waals surface area contributed by atoms with Crippen molar-refractivity contribution < 1.29 is 14.0 Å². The summed E-state index contributed by atoms with van der Waals surface area (Å²) in [6.45, 7) is 5.81. The standard InChI is InChI=1S/C16H25N3O3/c1-3-18(2)11-8-17-15(20)13-6-9-19(10-7-13)16(21)14-5-4-12-22-14/h4-5,12-13H,3,6-11H2,1-2H3,(H,17,20). The third kappa shape index (κ3) is 4.34. The summed E-state index contributed by atoms with van der Waals surface area (Å²) >= 11 is 0. The maximum Gasteiger partial charge on any atom is 0.289 e. The molecule has 2 rings (SSSR count). The van der Waals surface area contributed by atoms with Crippen molar-refractivity contribution in [1.29, 1.82) is 0 Å². The molecule has 22 heavy (non-hydrogen) atoms. The highest BCUT2D eigenvalue weighted by molar-refractivity contribution is 5.91. The van der Waals surface area contributed by atoms with Crippen LogP contribution in [-0.2, 0) is 4.79 Å². The van der Waals surface area contributed by atoms with Crippen LogP contribution in [0.4, 0.5) is 0 Å². The summed E-state index contributed by atoms with van der Waals surface area (Å²) < 4.78 is 5.13. The van der Waals surface area contributed by atoms with Crippen LogP contribution in [0.15, 0.2) is 22.8 Å². The van der Waals surface area contributed by atoms with E-state index in [1.807, 2.05) is 7.05 Å². The first-order valence-corrected chi connectivity index (χ1v) is 7.90. The Labute approximate surface area is 131 Å². The molecular formula is C16H25N3O3. The summed E-state index contributed by atoms with van der Waals surface area (Å²) in [7, 11) is 2.03. The number of amides is 2. The maximum absolute atomic E-state index is 12.1. The summed E-state index contributed by atoms with van der Waals surface area (Å²) in [5.41, 5.74) is 0. The molecule has 0 saturated carbocycles. The van der Waals surface area contributed by atoms with Gasteiger partial charge in [-0.05, 0) is 38.6 Å². The zero-order chi connectivity index (χ0) is 15.9. The molecule has 122 valence electrons. The number of rotatable bonds is 6. The van der Waals surface area contributed by atoms with Gasteiger partial charge in [-0.3, -0.25) is 9.59 Å². The van der Waals surface area contributed by atoms with Crippen LogP contribution in [0.2, 0.25) is 0 Å². The number of nitrogens with zero attached hydrogens (tertiary/aromatic N) is 2. The molecule has 0 aliphatic carbocycles. The summed E-state index contributed by atoms with van der Waals surface area (Å²) in [5.74, 6) is 0.390. The van der Waals surface area contributed by atoms with Crippen molar-refractivity contribution in [3.8, 4) is 0 Å². The van der Waals surface area contributed by atoms with Crippen molar-refractivity contribution in [2.75, 3.05) is 39.8 Å². The first kappa shape index (κ1) is 16.5.